The van der Waals surface area contributed by atoms with E-state index in [1.165, 1.54) is 4.70 Å². The van der Waals surface area contributed by atoms with E-state index in [1.807, 2.05) is 48.5 Å². The Labute approximate surface area is 138 Å². The van der Waals surface area contributed by atoms with Gasteiger partial charge in [-0.2, -0.15) is 0 Å². The molecular weight excluding hydrogens is 304 g/mol. The van der Waals surface area contributed by atoms with Gasteiger partial charge in [0.1, 0.15) is 10.8 Å². The van der Waals surface area contributed by atoms with Gasteiger partial charge in [-0.05, 0) is 30.3 Å². The van der Waals surface area contributed by atoms with Gasteiger partial charge in [0.25, 0.3) is 0 Å². The van der Waals surface area contributed by atoms with E-state index in [9.17, 15) is 0 Å². The van der Waals surface area contributed by atoms with Gasteiger partial charge in [0.15, 0.2) is 0 Å². The molecule has 0 unspecified atom stereocenters. The van der Waals surface area contributed by atoms with E-state index >= 15 is 0 Å². The zero-order chi connectivity index (χ0) is 15.6. The van der Waals surface area contributed by atoms with Crippen LogP contribution in [0.3, 0.4) is 0 Å². The maximum Gasteiger partial charge on any atom is 0.128 e. The number of nitrogens with zero attached hydrogens (tertiary/aromatic N) is 2. The van der Waals surface area contributed by atoms with Crippen LogP contribution >= 0.6 is 11.3 Å². The third-order valence-corrected chi connectivity index (χ3v) is 4.76. The Morgan fingerprint density at radius 3 is 2.57 bits per heavy atom. The van der Waals surface area contributed by atoms with E-state index < -0.39 is 0 Å². The van der Waals surface area contributed by atoms with Crippen LogP contribution in [0.25, 0.3) is 32.0 Å². The lowest BCUT2D eigenvalue weighted by Gasteiger charge is -2.11. The van der Waals surface area contributed by atoms with Gasteiger partial charge in [0.05, 0.1) is 28.6 Å². The highest BCUT2D eigenvalue weighted by Gasteiger charge is 2.16. The van der Waals surface area contributed by atoms with Gasteiger partial charge in [0.2, 0.25) is 0 Å². The van der Waals surface area contributed by atoms with Crippen LogP contribution in [0.2, 0.25) is 0 Å². The lowest BCUT2D eigenvalue weighted by Crippen LogP contribution is -1.93. The predicted molar refractivity (Wildman–Crippen MR) is 94.8 cm³/mol. The minimum atomic E-state index is 0.806. The second kappa shape index (κ2) is 5.82. The first-order valence-electron chi connectivity index (χ1n) is 7.31. The molecule has 3 nitrogen and oxygen atoms in total. The van der Waals surface area contributed by atoms with Crippen molar-refractivity contribution in [1.29, 1.82) is 0 Å². The predicted octanol–water partition coefficient (Wildman–Crippen LogP) is 5.03. The quantitative estimate of drug-likeness (QED) is 0.531. The van der Waals surface area contributed by atoms with E-state index in [4.69, 9.17) is 9.72 Å². The van der Waals surface area contributed by atoms with Crippen LogP contribution in [0.1, 0.15) is 0 Å². The number of methoxy groups -OCH3 is 1. The Balaban J connectivity index is 1.98. The molecule has 4 heteroatoms. The molecule has 2 aromatic carbocycles. The smallest absolute Gasteiger partial charge is 0.128 e. The summed E-state index contributed by atoms with van der Waals surface area (Å²) in [7, 11) is 1.68. The monoisotopic (exact) mass is 318 g/mol. The Bertz CT molecular complexity index is 930. The van der Waals surface area contributed by atoms with Gasteiger partial charge in [-0.1, -0.05) is 30.3 Å². The van der Waals surface area contributed by atoms with E-state index in [0.717, 1.165) is 33.1 Å². The van der Waals surface area contributed by atoms with Gasteiger partial charge < -0.3 is 4.74 Å². The van der Waals surface area contributed by atoms with E-state index in [1.54, 1.807) is 24.6 Å². The van der Waals surface area contributed by atoms with Crippen LogP contribution in [-0.4, -0.2) is 17.1 Å². The highest BCUT2D eigenvalue weighted by Crippen LogP contribution is 2.40. The number of fused-ring (bicyclic) bond motifs is 1. The number of ether oxygens (including phenoxy) is 1. The molecule has 0 amide bonds. The normalized spacial score (nSPS) is 10.8. The summed E-state index contributed by atoms with van der Waals surface area (Å²) >= 11 is 1.68. The summed E-state index contributed by atoms with van der Waals surface area (Å²) in [6.45, 7) is 0. The molecule has 0 bridgehead atoms. The van der Waals surface area contributed by atoms with Crippen molar-refractivity contribution in [2.75, 3.05) is 7.11 Å². The van der Waals surface area contributed by atoms with Crippen LogP contribution in [0, 0.1) is 0 Å². The first-order valence-corrected chi connectivity index (χ1v) is 8.13. The SMILES string of the molecule is COc1cccc(-c2nc3ccccc3s2)c1-c1ccccn1. The zero-order valence-electron chi connectivity index (χ0n) is 12.6. The molecule has 0 saturated heterocycles. The molecule has 23 heavy (non-hydrogen) atoms. The number of benzene rings is 2. The van der Waals surface area contributed by atoms with Gasteiger partial charge in [-0.15, -0.1) is 11.3 Å². The van der Waals surface area contributed by atoms with Gasteiger partial charge in [0, 0.05) is 11.8 Å². The molecule has 0 aliphatic carbocycles. The second-order valence-electron chi connectivity index (χ2n) is 5.08. The number of hydrogen-bond acceptors (Lipinski definition) is 4. The lowest BCUT2D eigenvalue weighted by atomic mass is 10.0. The average Bonchev–Trinajstić information content (AvgIpc) is 3.05. The van der Waals surface area contributed by atoms with Crippen LogP contribution in [-0.2, 0) is 0 Å². The molecule has 112 valence electrons. The van der Waals surface area contributed by atoms with E-state index in [2.05, 4.69) is 17.1 Å². The standard InChI is InChI=1S/C19H14N2OS/c1-22-16-10-6-7-13(18(16)15-9-4-5-12-20-15)19-21-14-8-2-3-11-17(14)23-19/h2-12H,1H3. The number of hydrogen-bond donors (Lipinski definition) is 0. The number of thiazole rings is 1. The van der Waals surface area contributed by atoms with Crippen molar-refractivity contribution >= 4 is 21.6 Å². The van der Waals surface area contributed by atoms with Crippen molar-refractivity contribution in [1.82, 2.24) is 9.97 Å². The topological polar surface area (TPSA) is 35.0 Å². The lowest BCUT2D eigenvalue weighted by molar-refractivity contribution is 0.416. The maximum atomic E-state index is 5.57. The van der Waals surface area contributed by atoms with E-state index in [0.29, 0.717) is 0 Å². The highest BCUT2D eigenvalue weighted by molar-refractivity contribution is 7.21. The number of para-hydroxylation sites is 1. The van der Waals surface area contributed by atoms with Crippen LogP contribution in [0.15, 0.2) is 66.9 Å². The maximum absolute atomic E-state index is 5.57. The second-order valence-corrected chi connectivity index (χ2v) is 6.12. The largest absolute Gasteiger partial charge is 0.496 e. The van der Waals surface area contributed by atoms with Crippen molar-refractivity contribution in [3.63, 3.8) is 0 Å². The van der Waals surface area contributed by atoms with Gasteiger partial charge >= 0.3 is 0 Å². The minimum absolute atomic E-state index is 0.806. The molecule has 0 spiro atoms. The molecule has 2 heterocycles. The van der Waals surface area contributed by atoms with Crippen molar-refractivity contribution in [3.05, 3.63) is 66.9 Å². The van der Waals surface area contributed by atoms with E-state index in [-0.39, 0.29) is 0 Å². The fourth-order valence-electron chi connectivity index (χ4n) is 2.64. The molecule has 0 saturated carbocycles. The van der Waals surface area contributed by atoms with Crippen molar-refractivity contribution in [2.45, 2.75) is 0 Å². The Hall–Kier alpha value is -2.72. The Kier molecular flexibility index (Phi) is 3.52. The zero-order valence-corrected chi connectivity index (χ0v) is 13.4. The molecule has 4 rings (SSSR count). The molecule has 0 aliphatic heterocycles. The summed E-state index contributed by atoms with van der Waals surface area (Å²) < 4.78 is 6.75. The molecule has 0 N–H and O–H groups in total. The summed E-state index contributed by atoms with van der Waals surface area (Å²) in [6, 6.07) is 20.1. The summed E-state index contributed by atoms with van der Waals surface area (Å²) in [5.74, 6) is 0.806. The number of aromatic nitrogens is 2. The Morgan fingerprint density at radius 2 is 1.78 bits per heavy atom. The highest BCUT2D eigenvalue weighted by atomic mass is 32.1. The summed E-state index contributed by atoms with van der Waals surface area (Å²) in [4.78, 5) is 9.27. The summed E-state index contributed by atoms with van der Waals surface area (Å²) in [5, 5.41) is 0.978. The third-order valence-electron chi connectivity index (χ3n) is 3.69. The van der Waals surface area contributed by atoms with Crippen molar-refractivity contribution in [3.8, 4) is 27.6 Å². The summed E-state index contributed by atoms with van der Waals surface area (Å²) in [5.41, 5.74) is 3.93. The first-order chi connectivity index (χ1) is 11.4. The summed E-state index contributed by atoms with van der Waals surface area (Å²) in [6.07, 6.45) is 1.80. The van der Waals surface area contributed by atoms with Gasteiger partial charge in [-0.25, -0.2) is 4.98 Å². The molecular formula is C19H14N2OS. The number of rotatable bonds is 3. The first kappa shape index (κ1) is 13.9. The van der Waals surface area contributed by atoms with Crippen LogP contribution in [0.4, 0.5) is 0 Å². The molecule has 0 radical (unpaired) electrons. The fraction of sp³-hybridized carbons (Fsp3) is 0.0526. The fourth-order valence-corrected chi connectivity index (χ4v) is 3.64. The van der Waals surface area contributed by atoms with Crippen molar-refractivity contribution in [2.24, 2.45) is 0 Å². The Morgan fingerprint density at radius 1 is 0.913 bits per heavy atom. The molecule has 2 aromatic heterocycles. The van der Waals surface area contributed by atoms with Gasteiger partial charge in [-0.3, -0.25) is 4.98 Å². The van der Waals surface area contributed by atoms with Crippen LogP contribution < -0.4 is 4.74 Å². The molecule has 0 aliphatic rings. The van der Waals surface area contributed by atoms with Crippen LogP contribution in [0.5, 0.6) is 5.75 Å². The minimum Gasteiger partial charge on any atom is -0.496 e. The average molecular weight is 318 g/mol. The molecule has 0 fully saturated rings. The molecule has 0 atom stereocenters. The number of pyridine rings is 1. The third kappa shape index (κ3) is 2.47. The molecule has 4 aromatic rings. The van der Waals surface area contributed by atoms with Crippen molar-refractivity contribution < 1.29 is 4.74 Å².